The van der Waals surface area contributed by atoms with Crippen molar-refractivity contribution in [2.24, 2.45) is 5.92 Å². The fourth-order valence-electron chi connectivity index (χ4n) is 1.34. The van der Waals surface area contributed by atoms with Gasteiger partial charge >= 0.3 is 0 Å². The molecule has 1 atom stereocenters. The molecule has 0 nitrogen and oxygen atoms in total. The van der Waals surface area contributed by atoms with Gasteiger partial charge in [-0.25, -0.2) is 0 Å². The highest BCUT2D eigenvalue weighted by Gasteiger charge is 2.04. The summed E-state index contributed by atoms with van der Waals surface area (Å²) in [5.41, 5.74) is 1.17. The first-order chi connectivity index (χ1) is 6.63. The van der Waals surface area contributed by atoms with Crippen molar-refractivity contribution in [3.8, 4) is 0 Å². The van der Waals surface area contributed by atoms with Crippen LogP contribution >= 0.6 is 23.2 Å². The summed E-state index contributed by atoms with van der Waals surface area (Å²) in [5.74, 6) is 0.755. The number of hydrogen-bond donors (Lipinski definition) is 0. The SMILES string of the molecule is CCC(C)CCc1cc(Cl)ccc1Cl. The van der Waals surface area contributed by atoms with Gasteiger partial charge in [0.25, 0.3) is 0 Å². The highest BCUT2D eigenvalue weighted by molar-refractivity contribution is 6.33. The topological polar surface area (TPSA) is 0 Å². The van der Waals surface area contributed by atoms with Crippen LogP contribution in [0.2, 0.25) is 10.0 Å². The molecule has 0 fully saturated rings. The van der Waals surface area contributed by atoms with E-state index < -0.39 is 0 Å². The Morgan fingerprint density at radius 3 is 2.64 bits per heavy atom. The van der Waals surface area contributed by atoms with Crippen LogP contribution in [0.3, 0.4) is 0 Å². The zero-order valence-corrected chi connectivity index (χ0v) is 10.2. The first kappa shape index (κ1) is 11.9. The lowest BCUT2D eigenvalue weighted by atomic mass is 9.99. The van der Waals surface area contributed by atoms with Gasteiger partial charge in [-0.05, 0) is 42.5 Å². The molecule has 2 heteroatoms. The molecule has 1 aromatic rings. The Labute approximate surface area is 96.2 Å². The van der Waals surface area contributed by atoms with E-state index in [0.717, 1.165) is 22.4 Å². The van der Waals surface area contributed by atoms with Gasteiger partial charge in [0, 0.05) is 10.0 Å². The molecule has 0 bridgehead atoms. The fraction of sp³-hybridized carbons (Fsp3) is 0.500. The van der Waals surface area contributed by atoms with Crippen molar-refractivity contribution in [1.29, 1.82) is 0 Å². The molecule has 0 aliphatic carbocycles. The summed E-state index contributed by atoms with van der Waals surface area (Å²) in [7, 11) is 0. The summed E-state index contributed by atoms with van der Waals surface area (Å²) in [6.45, 7) is 4.47. The van der Waals surface area contributed by atoms with Gasteiger partial charge in [-0.15, -0.1) is 0 Å². The molecule has 0 saturated heterocycles. The summed E-state index contributed by atoms with van der Waals surface area (Å²) < 4.78 is 0. The molecule has 0 spiro atoms. The van der Waals surface area contributed by atoms with Crippen molar-refractivity contribution in [2.45, 2.75) is 33.1 Å². The molecule has 0 heterocycles. The van der Waals surface area contributed by atoms with Crippen LogP contribution in [0.15, 0.2) is 18.2 Å². The number of aryl methyl sites for hydroxylation is 1. The molecule has 0 aromatic heterocycles. The lowest BCUT2D eigenvalue weighted by molar-refractivity contribution is 0.516. The molecule has 1 unspecified atom stereocenters. The Bertz CT molecular complexity index is 294. The highest BCUT2D eigenvalue weighted by atomic mass is 35.5. The average Bonchev–Trinajstić information content (AvgIpc) is 2.19. The van der Waals surface area contributed by atoms with E-state index in [1.165, 1.54) is 18.4 Å². The van der Waals surface area contributed by atoms with Crippen LogP contribution in [0.1, 0.15) is 32.3 Å². The van der Waals surface area contributed by atoms with E-state index in [1.807, 2.05) is 18.2 Å². The van der Waals surface area contributed by atoms with Gasteiger partial charge in [0.2, 0.25) is 0 Å². The van der Waals surface area contributed by atoms with Crippen molar-refractivity contribution in [3.63, 3.8) is 0 Å². The maximum atomic E-state index is 6.06. The summed E-state index contributed by atoms with van der Waals surface area (Å²) >= 11 is 12.0. The fourth-order valence-corrected chi connectivity index (χ4v) is 1.75. The zero-order valence-electron chi connectivity index (χ0n) is 8.69. The highest BCUT2D eigenvalue weighted by Crippen LogP contribution is 2.23. The Morgan fingerprint density at radius 1 is 1.29 bits per heavy atom. The lowest BCUT2D eigenvalue weighted by Crippen LogP contribution is -1.96. The van der Waals surface area contributed by atoms with Gasteiger partial charge in [-0.2, -0.15) is 0 Å². The monoisotopic (exact) mass is 230 g/mol. The molecule has 78 valence electrons. The maximum absolute atomic E-state index is 6.06. The second kappa shape index (κ2) is 5.63. The zero-order chi connectivity index (χ0) is 10.6. The minimum atomic E-state index is 0.755. The predicted molar refractivity (Wildman–Crippen MR) is 64.2 cm³/mol. The van der Waals surface area contributed by atoms with Gasteiger partial charge in [0.05, 0.1) is 0 Å². The van der Waals surface area contributed by atoms with Gasteiger partial charge in [-0.3, -0.25) is 0 Å². The summed E-state index contributed by atoms with van der Waals surface area (Å²) in [5, 5.41) is 1.60. The summed E-state index contributed by atoms with van der Waals surface area (Å²) in [4.78, 5) is 0. The standard InChI is InChI=1S/C12H16Cl2/c1-3-9(2)4-5-10-8-11(13)6-7-12(10)14/h6-9H,3-5H2,1-2H3. The van der Waals surface area contributed by atoms with Gasteiger partial charge in [0.15, 0.2) is 0 Å². The summed E-state index contributed by atoms with van der Waals surface area (Å²) in [6, 6.07) is 5.67. The van der Waals surface area contributed by atoms with E-state index in [0.29, 0.717) is 0 Å². The van der Waals surface area contributed by atoms with Gasteiger partial charge in [-0.1, -0.05) is 43.5 Å². The van der Waals surface area contributed by atoms with E-state index in [-0.39, 0.29) is 0 Å². The second-order valence-corrected chi connectivity index (χ2v) is 4.63. The third kappa shape index (κ3) is 3.51. The normalized spacial score (nSPS) is 12.9. The quantitative estimate of drug-likeness (QED) is 0.686. The Balaban J connectivity index is 2.62. The third-order valence-corrected chi connectivity index (χ3v) is 3.21. The molecule has 0 aliphatic heterocycles. The van der Waals surface area contributed by atoms with E-state index in [4.69, 9.17) is 23.2 Å². The molecular weight excluding hydrogens is 215 g/mol. The molecule has 0 N–H and O–H groups in total. The van der Waals surface area contributed by atoms with Crippen LogP contribution < -0.4 is 0 Å². The van der Waals surface area contributed by atoms with Crippen molar-refractivity contribution >= 4 is 23.2 Å². The van der Waals surface area contributed by atoms with Crippen molar-refractivity contribution in [3.05, 3.63) is 33.8 Å². The maximum Gasteiger partial charge on any atom is 0.0439 e. The van der Waals surface area contributed by atoms with Crippen LogP contribution in [0.4, 0.5) is 0 Å². The smallest absolute Gasteiger partial charge is 0.0439 e. The van der Waals surface area contributed by atoms with Crippen molar-refractivity contribution < 1.29 is 0 Å². The van der Waals surface area contributed by atoms with Crippen molar-refractivity contribution in [1.82, 2.24) is 0 Å². The molecule has 14 heavy (non-hydrogen) atoms. The molecule has 1 aromatic carbocycles. The Morgan fingerprint density at radius 2 is 2.00 bits per heavy atom. The minimum Gasteiger partial charge on any atom is -0.0843 e. The lowest BCUT2D eigenvalue weighted by Gasteiger charge is -2.09. The van der Waals surface area contributed by atoms with Crippen molar-refractivity contribution in [2.75, 3.05) is 0 Å². The number of halogens is 2. The largest absolute Gasteiger partial charge is 0.0843 e. The van der Waals surface area contributed by atoms with E-state index in [9.17, 15) is 0 Å². The van der Waals surface area contributed by atoms with Crippen LogP contribution in [0.5, 0.6) is 0 Å². The molecule has 0 aliphatic rings. The predicted octanol–water partition coefficient (Wildman–Crippen LogP) is 4.97. The van der Waals surface area contributed by atoms with E-state index in [1.54, 1.807) is 0 Å². The first-order valence-corrected chi connectivity index (χ1v) is 5.83. The minimum absolute atomic E-state index is 0.755. The van der Waals surface area contributed by atoms with E-state index >= 15 is 0 Å². The Hall–Kier alpha value is -0.200. The van der Waals surface area contributed by atoms with Crippen LogP contribution in [0.25, 0.3) is 0 Å². The molecule has 0 radical (unpaired) electrons. The van der Waals surface area contributed by atoms with Crippen LogP contribution in [0, 0.1) is 5.92 Å². The second-order valence-electron chi connectivity index (χ2n) is 3.79. The van der Waals surface area contributed by atoms with Gasteiger partial charge in [0.1, 0.15) is 0 Å². The number of hydrogen-bond acceptors (Lipinski definition) is 0. The Kier molecular flexibility index (Phi) is 4.77. The number of benzene rings is 1. The van der Waals surface area contributed by atoms with E-state index in [2.05, 4.69) is 13.8 Å². The molecule has 1 rings (SSSR count). The van der Waals surface area contributed by atoms with Gasteiger partial charge < -0.3 is 0 Å². The first-order valence-electron chi connectivity index (χ1n) is 5.07. The average molecular weight is 231 g/mol. The third-order valence-electron chi connectivity index (χ3n) is 2.61. The molecule has 0 amide bonds. The molecular formula is C12H16Cl2. The summed E-state index contributed by atoms with van der Waals surface area (Å²) in [6.07, 6.45) is 3.42. The molecule has 0 saturated carbocycles. The number of rotatable bonds is 4. The van der Waals surface area contributed by atoms with Crippen LogP contribution in [-0.2, 0) is 6.42 Å². The van der Waals surface area contributed by atoms with Crippen LogP contribution in [-0.4, -0.2) is 0 Å².